The molecule has 2 heterocycles. The van der Waals surface area contributed by atoms with Crippen LogP contribution in [0.2, 0.25) is 0 Å². The SMILES string of the molecule is CCCCn1nc(C(=O)NC2CCOc3ccccc32)ccc1=O. The fourth-order valence-electron chi connectivity index (χ4n) is 2.76. The lowest BCUT2D eigenvalue weighted by Crippen LogP contribution is -2.34. The number of ether oxygens (including phenoxy) is 1. The highest BCUT2D eigenvalue weighted by Gasteiger charge is 2.23. The summed E-state index contributed by atoms with van der Waals surface area (Å²) in [6.45, 7) is 3.13. The maximum Gasteiger partial charge on any atom is 0.272 e. The number of aryl methyl sites for hydroxylation is 1. The number of rotatable bonds is 5. The first-order valence-electron chi connectivity index (χ1n) is 8.30. The maximum absolute atomic E-state index is 12.5. The van der Waals surface area contributed by atoms with E-state index in [2.05, 4.69) is 10.4 Å². The number of amides is 1. The second-order valence-corrected chi connectivity index (χ2v) is 5.83. The molecular weight excluding hydrogens is 306 g/mol. The van der Waals surface area contributed by atoms with Gasteiger partial charge in [0, 0.05) is 24.6 Å². The minimum Gasteiger partial charge on any atom is -0.493 e. The molecule has 0 saturated heterocycles. The summed E-state index contributed by atoms with van der Waals surface area (Å²) in [6.07, 6.45) is 2.52. The Labute approximate surface area is 140 Å². The van der Waals surface area contributed by atoms with Crippen molar-refractivity contribution in [2.75, 3.05) is 6.61 Å². The Morgan fingerprint density at radius 3 is 3.00 bits per heavy atom. The average Bonchev–Trinajstić information content (AvgIpc) is 2.61. The Balaban J connectivity index is 1.77. The highest BCUT2D eigenvalue weighted by atomic mass is 16.5. The topological polar surface area (TPSA) is 73.2 Å². The van der Waals surface area contributed by atoms with Crippen LogP contribution in [0.4, 0.5) is 0 Å². The Kier molecular flexibility index (Phi) is 4.93. The predicted molar refractivity (Wildman–Crippen MR) is 90.2 cm³/mol. The molecule has 3 rings (SSSR count). The van der Waals surface area contributed by atoms with Gasteiger partial charge in [-0.15, -0.1) is 0 Å². The summed E-state index contributed by atoms with van der Waals surface area (Å²) in [7, 11) is 0. The normalized spacial score (nSPS) is 16.1. The zero-order valence-electron chi connectivity index (χ0n) is 13.7. The molecule has 1 unspecified atom stereocenters. The van der Waals surface area contributed by atoms with Gasteiger partial charge in [0.1, 0.15) is 11.4 Å². The second kappa shape index (κ2) is 7.29. The lowest BCUT2D eigenvalue weighted by molar-refractivity contribution is 0.0917. The summed E-state index contributed by atoms with van der Waals surface area (Å²) in [5.74, 6) is 0.525. The van der Waals surface area contributed by atoms with Gasteiger partial charge in [0.15, 0.2) is 0 Å². The van der Waals surface area contributed by atoms with Gasteiger partial charge in [-0.25, -0.2) is 4.68 Å². The first-order chi connectivity index (χ1) is 11.7. The van der Waals surface area contributed by atoms with E-state index in [1.54, 1.807) is 0 Å². The van der Waals surface area contributed by atoms with E-state index in [0.29, 0.717) is 19.6 Å². The van der Waals surface area contributed by atoms with E-state index in [1.165, 1.54) is 16.8 Å². The summed E-state index contributed by atoms with van der Waals surface area (Å²) in [5, 5.41) is 7.19. The Morgan fingerprint density at radius 2 is 2.17 bits per heavy atom. The predicted octanol–water partition coefficient (Wildman–Crippen LogP) is 2.30. The van der Waals surface area contributed by atoms with Crippen molar-refractivity contribution in [3.05, 3.63) is 58.0 Å². The molecule has 0 fully saturated rings. The van der Waals surface area contributed by atoms with Crippen molar-refractivity contribution in [2.45, 2.75) is 38.8 Å². The fraction of sp³-hybridized carbons (Fsp3) is 0.389. The number of para-hydroxylation sites is 1. The minimum absolute atomic E-state index is 0.111. The van der Waals surface area contributed by atoms with Gasteiger partial charge in [0.2, 0.25) is 0 Å². The van der Waals surface area contributed by atoms with Crippen molar-refractivity contribution < 1.29 is 9.53 Å². The lowest BCUT2D eigenvalue weighted by atomic mass is 10.0. The molecule has 1 aliphatic heterocycles. The molecule has 1 amide bonds. The van der Waals surface area contributed by atoms with Crippen molar-refractivity contribution >= 4 is 5.91 Å². The summed E-state index contributed by atoms with van der Waals surface area (Å²) < 4.78 is 6.97. The van der Waals surface area contributed by atoms with Gasteiger partial charge in [0.05, 0.1) is 12.6 Å². The number of aromatic nitrogens is 2. The molecular formula is C18H21N3O3. The van der Waals surface area contributed by atoms with Crippen LogP contribution in [0.3, 0.4) is 0 Å². The Bertz CT molecular complexity index is 785. The molecule has 0 aliphatic carbocycles. The van der Waals surface area contributed by atoms with Crippen LogP contribution in [0.1, 0.15) is 48.3 Å². The van der Waals surface area contributed by atoms with Crippen LogP contribution < -0.4 is 15.6 Å². The van der Waals surface area contributed by atoms with Gasteiger partial charge in [-0.3, -0.25) is 9.59 Å². The summed E-state index contributed by atoms with van der Waals surface area (Å²) in [4.78, 5) is 24.3. The van der Waals surface area contributed by atoms with Crippen LogP contribution in [0.25, 0.3) is 0 Å². The second-order valence-electron chi connectivity index (χ2n) is 5.83. The van der Waals surface area contributed by atoms with Gasteiger partial charge >= 0.3 is 0 Å². The number of hydrogen-bond donors (Lipinski definition) is 1. The summed E-state index contributed by atoms with van der Waals surface area (Å²) in [6, 6.07) is 10.5. The number of carbonyl (C=O) groups is 1. The van der Waals surface area contributed by atoms with Gasteiger partial charge in [-0.2, -0.15) is 5.10 Å². The molecule has 0 bridgehead atoms. The molecule has 24 heavy (non-hydrogen) atoms. The van der Waals surface area contributed by atoms with E-state index in [4.69, 9.17) is 4.74 Å². The Morgan fingerprint density at radius 1 is 1.33 bits per heavy atom. The number of hydrogen-bond acceptors (Lipinski definition) is 4. The molecule has 1 atom stereocenters. The molecule has 1 aromatic heterocycles. The van der Waals surface area contributed by atoms with Crippen LogP contribution in [-0.2, 0) is 6.54 Å². The van der Waals surface area contributed by atoms with Crippen LogP contribution in [0, 0.1) is 0 Å². The molecule has 1 aliphatic rings. The molecule has 0 spiro atoms. The summed E-state index contributed by atoms with van der Waals surface area (Å²) >= 11 is 0. The van der Waals surface area contributed by atoms with Crippen LogP contribution in [-0.4, -0.2) is 22.3 Å². The monoisotopic (exact) mass is 327 g/mol. The zero-order chi connectivity index (χ0) is 16.9. The smallest absolute Gasteiger partial charge is 0.272 e. The molecule has 1 N–H and O–H groups in total. The Hall–Kier alpha value is -2.63. The molecule has 6 nitrogen and oxygen atoms in total. The van der Waals surface area contributed by atoms with Gasteiger partial charge in [0.25, 0.3) is 11.5 Å². The average molecular weight is 327 g/mol. The van der Waals surface area contributed by atoms with Crippen LogP contribution in [0.5, 0.6) is 5.75 Å². The zero-order valence-corrected chi connectivity index (χ0v) is 13.7. The third-order valence-electron chi connectivity index (χ3n) is 4.09. The third-order valence-corrected chi connectivity index (χ3v) is 4.09. The van der Waals surface area contributed by atoms with Gasteiger partial charge in [-0.1, -0.05) is 31.5 Å². The number of nitrogens with zero attached hydrogens (tertiary/aromatic N) is 2. The van der Waals surface area contributed by atoms with Crippen molar-refractivity contribution in [3.63, 3.8) is 0 Å². The number of carbonyl (C=O) groups excluding carboxylic acids is 1. The molecule has 0 radical (unpaired) electrons. The van der Waals surface area contributed by atoms with Crippen molar-refractivity contribution in [1.29, 1.82) is 0 Å². The number of benzene rings is 1. The van der Waals surface area contributed by atoms with E-state index in [-0.39, 0.29) is 23.2 Å². The van der Waals surface area contributed by atoms with E-state index >= 15 is 0 Å². The third kappa shape index (κ3) is 3.48. The van der Waals surface area contributed by atoms with E-state index in [1.807, 2.05) is 31.2 Å². The quantitative estimate of drug-likeness (QED) is 0.914. The van der Waals surface area contributed by atoms with Crippen LogP contribution in [0.15, 0.2) is 41.2 Å². The number of nitrogens with one attached hydrogen (secondary N) is 1. The van der Waals surface area contributed by atoms with Gasteiger partial charge < -0.3 is 10.1 Å². The van der Waals surface area contributed by atoms with Crippen molar-refractivity contribution in [1.82, 2.24) is 15.1 Å². The number of fused-ring (bicyclic) bond motifs is 1. The van der Waals surface area contributed by atoms with Crippen molar-refractivity contribution in [2.24, 2.45) is 0 Å². The molecule has 6 heteroatoms. The standard InChI is InChI=1S/C18H21N3O3/c1-2-3-11-21-17(22)9-8-15(20-21)18(23)19-14-10-12-24-16-7-5-4-6-13(14)16/h4-9,14H,2-3,10-12H2,1H3,(H,19,23). The molecule has 126 valence electrons. The van der Waals surface area contributed by atoms with E-state index < -0.39 is 0 Å². The van der Waals surface area contributed by atoms with Crippen molar-refractivity contribution in [3.8, 4) is 5.75 Å². The molecule has 0 saturated carbocycles. The minimum atomic E-state index is -0.276. The first kappa shape index (κ1) is 16.2. The molecule has 1 aromatic carbocycles. The van der Waals surface area contributed by atoms with Gasteiger partial charge in [-0.05, 0) is 18.6 Å². The number of unbranched alkanes of at least 4 members (excludes halogenated alkanes) is 1. The van der Waals surface area contributed by atoms with E-state index in [9.17, 15) is 9.59 Å². The first-order valence-corrected chi connectivity index (χ1v) is 8.30. The summed E-state index contributed by atoms with van der Waals surface area (Å²) in [5.41, 5.74) is 1.04. The highest BCUT2D eigenvalue weighted by Crippen LogP contribution is 2.31. The molecule has 2 aromatic rings. The van der Waals surface area contributed by atoms with E-state index in [0.717, 1.165) is 24.2 Å². The van der Waals surface area contributed by atoms with Crippen LogP contribution >= 0.6 is 0 Å². The fourth-order valence-corrected chi connectivity index (χ4v) is 2.76. The maximum atomic E-state index is 12.5. The largest absolute Gasteiger partial charge is 0.493 e. The lowest BCUT2D eigenvalue weighted by Gasteiger charge is -2.26. The highest BCUT2D eigenvalue weighted by molar-refractivity contribution is 5.92.